The second-order valence-corrected chi connectivity index (χ2v) is 6.70. The lowest BCUT2D eigenvalue weighted by Gasteiger charge is -2.37. The maximum absolute atomic E-state index is 4.28. The molecule has 1 fully saturated rings. The molecule has 1 aromatic carbocycles. The van der Waals surface area contributed by atoms with Gasteiger partial charge in [0.05, 0.1) is 12.0 Å². The van der Waals surface area contributed by atoms with Gasteiger partial charge in [0.1, 0.15) is 0 Å². The number of hydrogen-bond donors (Lipinski definition) is 0. The van der Waals surface area contributed by atoms with E-state index < -0.39 is 0 Å². The van der Waals surface area contributed by atoms with Gasteiger partial charge in [0.25, 0.3) is 0 Å². The van der Waals surface area contributed by atoms with Crippen molar-refractivity contribution in [1.29, 1.82) is 0 Å². The van der Waals surface area contributed by atoms with Gasteiger partial charge in [0.2, 0.25) is 0 Å². The Morgan fingerprint density at radius 2 is 2.00 bits per heavy atom. The molecule has 3 heterocycles. The standard InChI is InChI=1S/C19H23N5/c1-16-7-11-22(14-19(16)23-12-9-20-15-23)13-17-3-5-18(6-4-17)24-10-2-8-21-24/h2-6,8-10,12,15-16,19H,7,11,13-14H2,1H3/t16-,19-/m0/s1. The molecule has 4 rings (SSSR count). The Morgan fingerprint density at radius 3 is 2.71 bits per heavy atom. The lowest BCUT2D eigenvalue weighted by atomic mass is 9.93. The minimum atomic E-state index is 0.518. The van der Waals surface area contributed by atoms with Gasteiger partial charge in [-0.3, -0.25) is 4.90 Å². The number of nitrogens with zero attached hydrogens (tertiary/aromatic N) is 5. The first kappa shape index (κ1) is 15.1. The van der Waals surface area contributed by atoms with Gasteiger partial charge in [-0.2, -0.15) is 5.10 Å². The maximum Gasteiger partial charge on any atom is 0.0949 e. The SMILES string of the molecule is C[C@H]1CCN(Cc2ccc(-n3cccn3)cc2)C[C@@H]1n1ccnc1. The smallest absolute Gasteiger partial charge is 0.0949 e. The zero-order valence-electron chi connectivity index (χ0n) is 14.0. The summed E-state index contributed by atoms with van der Waals surface area (Å²) < 4.78 is 4.15. The van der Waals surface area contributed by atoms with E-state index in [1.807, 2.05) is 29.5 Å². The van der Waals surface area contributed by atoms with E-state index in [9.17, 15) is 0 Å². The third-order valence-electron chi connectivity index (χ3n) is 5.02. The van der Waals surface area contributed by atoms with Crippen LogP contribution in [-0.4, -0.2) is 37.3 Å². The van der Waals surface area contributed by atoms with Crippen LogP contribution in [0.5, 0.6) is 0 Å². The van der Waals surface area contributed by atoms with Crippen LogP contribution in [0.15, 0.2) is 61.4 Å². The summed E-state index contributed by atoms with van der Waals surface area (Å²) in [6.07, 6.45) is 10.9. The number of rotatable bonds is 4. The summed E-state index contributed by atoms with van der Waals surface area (Å²) in [5, 5.41) is 4.28. The second-order valence-electron chi connectivity index (χ2n) is 6.70. The van der Waals surface area contributed by atoms with Crippen LogP contribution in [0.2, 0.25) is 0 Å². The van der Waals surface area contributed by atoms with E-state index in [-0.39, 0.29) is 0 Å². The van der Waals surface area contributed by atoms with Crippen LogP contribution in [0.1, 0.15) is 24.9 Å². The van der Waals surface area contributed by atoms with Crippen molar-refractivity contribution in [1.82, 2.24) is 24.2 Å². The Hall–Kier alpha value is -2.40. The fraction of sp³-hybridized carbons (Fsp3) is 0.368. The highest BCUT2D eigenvalue weighted by Gasteiger charge is 2.27. The number of benzene rings is 1. The predicted molar refractivity (Wildman–Crippen MR) is 93.9 cm³/mol. The Balaban J connectivity index is 1.43. The molecule has 0 aliphatic carbocycles. The summed E-state index contributed by atoms with van der Waals surface area (Å²) in [5.41, 5.74) is 2.46. The van der Waals surface area contributed by atoms with E-state index in [0.29, 0.717) is 12.0 Å². The molecule has 2 aromatic heterocycles. The van der Waals surface area contributed by atoms with E-state index in [1.54, 1.807) is 6.20 Å². The second kappa shape index (κ2) is 6.61. The highest BCUT2D eigenvalue weighted by molar-refractivity contribution is 5.33. The van der Waals surface area contributed by atoms with Crippen molar-refractivity contribution in [3.63, 3.8) is 0 Å². The molecule has 1 aliphatic heterocycles. The molecule has 0 N–H and O–H groups in total. The Kier molecular flexibility index (Phi) is 4.17. The molecule has 24 heavy (non-hydrogen) atoms. The first-order valence-electron chi connectivity index (χ1n) is 8.58. The van der Waals surface area contributed by atoms with Gasteiger partial charge in [-0.25, -0.2) is 9.67 Å². The number of piperidine rings is 1. The zero-order valence-corrected chi connectivity index (χ0v) is 14.0. The lowest BCUT2D eigenvalue weighted by Crippen LogP contribution is -2.40. The van der Waals surface area contributed by atoms with E-state index in [1.165, 1.54) is 12.0 Å². The first-order valence-corrected chi connectivity index (χ1v) is 8.58. The molecule has 5 heteroatoms. The molecule has 124 valence electrons. The van der Waals surface area contributed by atoms with Gasteiger partial charge >= 0.3 is 0 Å². The minimum absolute atomic E-state index is 0.518. The van der Waals surface area contributed by atoms with Crippen molar-refractivity contribution in [3.8, 4) is 5.69 Å². The normalized spacial score (nSPS) is 21.9. The molecule has 0 unspecified atom stereocenters. The summed E-state index contributed by atoms with van der Waals surface area (Å²) >= 11 is 0. The molecule has 5 nitrogen and oxygen atoms in total. The van der Waals surface area contributed by atoms with Gasteiger partial charge < -0.3 is 4.57 Å². The third-order valence-corrected chi connectivity index (χ3v) is 5.02. The molecule has 0 saturated carbocycles. The van der Waals surface area contributed by atoms with E-state index in [2.05, 4.69) is 56.9 Å². The van der Waals surface area contributed by atoms with Crippen LogP contribution >= 0.6 is 0 Å². The number of imidazole rings is 1. The van der Waals surface area contributed by atoms with Gasteiger partial charge in [0.15, 0.2) is 0 Å². The zero-order chi connectivity index (χ0) is 16.4. The Labute approximate surface area is 142 Å². The summed E-state index contributed by atoms with van der Waals surface area (Å²) in [5.74, 6) is 0.692. The van der Waals surface area contributed by atoms with Crippen LogP contribution in [0, 0.1) is 5.92 Å². The summed E-state index contributed by atoms with van der Waals surface area (Å²) in [6.45, 7) is 5.59. The fourth-order valence-corrected chi connectivity index (χ4v) is 3.55. The van der Waals surface area contributed by atoms with E-state index >= 15 is 0 Å². The largest absolute Gasteiger partial charge is 0.333 e. The molecule has 1 saturated heterocycles. The van der Waals surface area contributed by atoms with Gasteiger partial charge in [0, 0.05) is 43.9 Å². The summed E-state index contributed by atoms with van der Waals surface area (Å²) in [4.78, 5) is 6.76. The van der Waals surface area contributed by atoms with Crippen LogP contribution in [0.4, 0.5) is 0 Å². The van der Waals surface area contributed by atoms with Crippen LogP contribution < -0.4 is 0 Å². The Bertz CT molecular complexity index is 746. The molecule has 3 aromatic rings. The van der Waals surface area contributed by atoms with E-state index in [0.717, 1.165) is 25.3 Å². The van der Waals surface area contributed by atoms with Gasteiger partial charge in [-0.15, -0.1) is 0 Å². The van der Waals surface area contributed by atoms with E-state index in [4.69, 9.17) is 0 Å². The molecular formula is C19H23N5. The van der Waals surface area contributed by atoms with Crippen LogP contribution in [0.25, 0.3) is 5.69 Å². The third kappa shape index (κ3) is 3.12. The molecule has 0 amide bonds. The summed E-state index contributed by atoms with van der Waals surface area (Å²) in [7, 11) is 0. The first-order chi connectivity index (χ1) is 11.8. The average molecular weight is 321 g/mol. The van der Waals surface area contributed by atoms with Crippen molar-refractivity contribution in [2.75, 3.05) is 13.1 Å². The average Bonchev–Trinajstić information content (AvgIpc) is 3.31. The number of aromatic nitrogens is 4. The van der Waals surface area contributed by atoms with Gasteiger partial charge in [-0.1, -0.05) is 19.1 Å². The minimum Gasteiger partial charge on any atom is -0.333 e. The topological polar surface area (TPSA) is 38.9 Å². The summed E-state index contributed by atoms with van der Waals surface area (Å²) in [6, 6.07) is 11.2. The monoisotopic (exact) mass is 321 g/mol. The van der Waals surface area contributed by atoms with Crippen molar-refractivity contribution in [2.45, 2.75) is 25.9 Å². The molecule has 0 spiro atoms. The molecular weight excluding hydrogens is 298 g/mol. The van der Waals surface area contributed by atoms with Gasteiger partial charge in [-0.05, 0) is 42.6 Å². The lowest BCUT2D eigenvalue weighted by molar-refractivity contribution is 0.126. The number of hydrogen-bond acceptors (Lipinski definition) is 3. The van der Waals surface area contributed by atoms with Crippen molar-refractivity contribution < 1.29 is 0 Å². The number of likely N-dealkylation sites (tertiary alicyclic amines) is 1. The van der Waals surface area contributed by atoms with Crippen LogP contribution in [-0.2, 0) is 6.54 Å². The molecule has 1 aliphatic rings. The molecule has 2 atom stereocenters. The maximum atomic E-state index is 4.28. The highest BCUT2D eigenvalue weighted by Crippen LogP contribution is 2.28. The van der Waals surface area contributed by atoms with Crippen molar-refractivity contribution >= 4 is 0 Å². The predicted octanol–water partition coefficient (Wildman–Crippen LogP) is 3.15. The highest BCUT2D eigenvalue weighted by atomic mass is 15.3. The van der Waals surface area contributed by atoms with Crippen molar-refractivity contribution in [2.24, 2.45) is 5.92 Å². The fourth-order valence-electron chi connectivity index (χ4n) is 3.55. The quantitative estimate of drug-likeness (QED) is 0.741. The van der Waals surface area contributed by atoms with Crippen molar-refractivity contribution in [3.05, 3.63) is 67.0 Å². The van der Waals surface area contributed by atoms with Crippen LogP contribution in [0.3, 0.4) is 0 Å². The molecule has 0 bridgehead atoms. The Morgan fingerprint density at radius 1 is 1.12 bits per heavy atom. The molecule has 0 radical (unpaired) electrons.